The van der Waals surface area contributed by atoms with Gasteiger partial charge in [-0.1, -0.05) is 29.8 Å². The highest BCUT2D eigenvalue weighted by molar-refractivity contribution is 6.32. The van der Waals surface area contributed by atoms with E-state index in [1.165, 1.54) is 0 Å². The van der Waals surface area contributed by atoms with Crippen LogP contribution in [0.25, 0.3) is 10.9 Å². The lowest BCUT2D eigenvalue weighted by atomic mass is 10.1. The van der Waals surface area contributed by atoms with Crippen molar-refractivity contribution >= 4 is 34.1 Å². The third-order valence-electron chi connectivity index (χ3n) is 3.74. The Morgan fingerprint density at radius 3 is 2.75 bits per heavy atom. The summed E-state index contributed by atoms with van der Waals surface area (Å²) in [5.74, 6) is 0.237. The number of carbonyl (C=O) groups excluding carboxylic acids is 1. The zero-order chi connectivity index (χ0) is 17.1. The van der Waals surface area contributed by atoms with E-state index < -0.39 is 6.10 Å². The number of rotatable bonds is 4. The normalized spacial score (nSPS) is 12.0. The highest BCUT2D eigenvalue weighted by atomic mass is 35.5. The lowest BCUT2D eigenvalue weighted by Crippen LogP contribution is -2.30. The average molecular weight is 341 g/mol. The van der Waals surface area contributed by atoms with Crippen LogP contribution in [0.4, 0.5) is 5.69 Å². The number of para-hydroxylation sites is 1. The molecule has 3 rings (SSSR count). The molecule has 0 saturated heterocycles. The number of nitrogens with one attached hydrogen (secondary N) is 1. The van der Waals surface area contributed by atoms with E-state index in [0.29, 0.717) is 16.5 Å². The number of ether oxygens (including phenoxy) is 1. The van der Waals surface area contributed by atoms with E-state index in [1.807, 2.05) is 43.3 Å². The molecule has 5 heteroatoms. The topological polar surface area (TPSA) is 51.2 Å². The first-order valence-electron chi connectivity index (χ1n) is 7.62. The Morgan fingerprint density at radius 2 is 1.96 bits per heavy atom. The first kappa shape index (κ1) is 16.3. The van der Waals surface area contributed by atoms with Crippen molar-refractivity contribution < 1.29 is 9.53 Å². The number of fused-ring (bicyclic) bond motifs is 1. The summed E-state index contributed by atoms with van der Waals surface area (Å²) in [6.45, 7) is 3.68. The molecule has 0 aliphatic rings. The number of hydrogen-bond donors (Lipinski definition) is 1. The lowest BCUT2D eigenvalue weighted by molar-refractivity contribution is -0.122. The minimum absolute atomic E-state index is 0.246. The highest BCUT2D eigenvalue weighted by Gasteiger charge is 2.17. The Hall–Kier alpha value is -2.59. The van der Waals surface area contributed by atoms with Crippen LogP contribution in [0.2, 0.25) is 5.02 Å². The highest BCUT2D eigenvalue weighted by Crippen LogP contribution is 2.26. The Morgan fingerprint density at radius 1 is 1.17 bits per heavy atom. The molecule has 1 aromatic heterocycles. The maximum Gasteiger partial charge on any atom is 0.265 e. The van der Waals surface area contributed by atoms with Gasteiger partial charge in [0.2, 0.25) is 0 Å². The number of amides is 1. The first-order chi connectivity index (χ1) is 11.6. The van der Waals surface area contributed by atoms with Crippen LogP contribution in [0.5, 0.6) is 5.75 Å². The third-order valence-corrected chi connectivity index (χ3v) is 4.05. The fraction of sp³-hybridized carbons (Fsp3) is 0.158. The van der Waals surface area contributed by atoms with Crippen molar-refractivity contribution in [3.8, 4) is 5.75 Å². The SMILES string of the molecule is Cc1ccc(NC(=O)[C@@H](C)Oc2ccccc2Cl)c2cccnc12. The van der Waals surface area contributed by atoms with Gasteiger partial charge in [0.15, 0.2) is 6.10 Å². The molecule has 2 aromatic carbocycles. The molecule has 1 N–H and O–H groups in total. The van der Waals surface area contributed by atoms with Crippen LogP contribution in [0.15, 0.2) is 54.7 Å². The summed E-state index contributed by atoms with van der Waals surface area (Å²) < 4.78 is 5.66. The quantitative estimate of drug-likeness (QED) is 0.755. The summed E-state index contributed by atoms with van der Waals surface area (Å²) in [4.78, 5) is 16.8. The minimum atomic E-state index is -0.682. The van der Waals surface area contributed by atoms with Crippen LogP contribution in [0, 0.1) is 6.92 Å². The van der Waals surface area contributed by atoms with E-state index in [1.54, 1.807) is 25.3 Å². The molecule has 1 heterocycles. The first-order valence-corrected chi connectivity index (χ1v) is 8.00. The Kier molecular flexibility index (Phi) is 4.67. The molecule has 3 aromatic rings. The second-order valence-electron chi connectivity index (χ2n) is 5.51. The van der Waals surface area contributed by atoms with E-state index in [-0.39, 0.29) is 5.91 Å². The maximum absolute atomic E-state index is 12.5. The zero-order valence-electron chi connectivity index (χ0n) is 13.4. The molecular formula is C19H17ClN2O2. The van der Waals surface area contributed by atoms with Gasteiger partial charge in [0.05, 0.1) is 16.2 Å². The molecule has 0 unspecified atom stereocenters. The second-order valence-corrected chi connectivity index (χ2v) is 5.92. The van der Waals surface area contributed by atoms with Crippen molar-refractivity contribution in [2.24, 2.45) is 0 Å². The minimum Gasteiger partial charge on any atom is -0.479 e. The number of hydrogen-bond acceptors (Lipinski definition) is 3. The third kappa shape index (κ3) is 3.34. The smallest absolute Gasteiger partial charge is 0.265 e. The molecule has 0 aliphatic heterocycles. The molecular weight excluding hydrogens is 324 g/mol. The molecule has 4 nitrogen and oxygen atoms in total. The number of aromatic nitrogens is 1. The summed E-state index contributed by atoms with van der Waals surface area (Å²) in [6, 6.07) is 14.7. The number of anilines is 1. The Balaban J connectivity index is 1.80. The molecule has 0 fully saturated rings. The van der Waals surface area contributed by atoms with Crippen LogP contribution in [-0.4, -0.2) is 17.0 Å². The van der Waals surface area contributed by atoms with Crippen LogP contribution >= 0.6 is 11.6 Å². The standard InChI is InChI=1S/C19H17ClN2O2/c1-12-9-10-16(14-6-5-11-21-18(12)14)22-19(23)13(2)24-17-8-4-3-7-15(17)20/h3-11,13H,1-2H3,(H,22,23)/t13-/m1/s1. The molecule has 1 amide bonds. The zero-order valence-corrected chi connectivity index (χ0v) is 14.2. The molecule has 0 radical (unpaired) electrons. The number of nitrogens with zero attached hydrogens (tertiary/aromatic N) is 1. The van der Waals surface area contributed by atoms with Gasteiger partial charge in [0.1, 0.15) is 5.75 Å². The maximum atomic E-state index is 12.5. The largest absolute Gasteiger partial charge is 0.479 e. The molecule has 0 bridgehead atoms. The predicted molar refractivity (Wildman–Crippen MR) is 96.7 cm³/mol. The number of pyridine rings is 1. The van der Waals surface area contributed by atoms with Crippen LogP contribution in [0.1, 0.15) is 12.5 Å². The lowest BCUT2D eigenvalue weighted by Gasteiger charge is -2.16. The molecule has 0 saturated carbocycles. The van der Waals surface area contributed by atoms with Crippen molar-refractivity contribution in [1.82, 2.24) is 4.98 Å². The van der Waals surface area contributed by atoms with Gasteiger partial charge in [-0.25, -0.2) is 0 Å². The van der Waals surface area contributed by atoms with Crippen molar-refractivity contribution in [1.29, 1.82) is 0 Å². The van der Waals surface area contributed by atoms with Gasteiger partial charge in [-0.2, -0.15) is 0 Å². The monoisotopic (exact) mass is 340 g/mol. The van der Waals surface area contributed by atoms with Gasteiger partial charge < -0.3 is 10.1 Å². The Bertz CT molecular complexity index is 895. The van der Waals surface area contributed by atoms with Gasteiger partial charge in [-0.15, -0.1) is 0 Å². The van der Waals surface area contributed by atoms with Gasteiger partial charge in [-0.3, -0.25) is 9.78 Å². The van der Waals surface area contributed by atoms with E-state index >= 15 is 0 Å². The molecule has 0 aliphatic carbocycles. The van der Waals surface area contributed by atoms with Gasteiger partial charge in [0.25, 0.3) is 5.91 Å². The van der Waals surface area contributed by atoms with Crippen LogP contribution in [0.3, 0.4) is 0 Å². The van der Waals surface area contributed by atoms with Crippen molar-refractivity contribution in [2.75, 3.05) is 5.32 Å². The van der Waals surface area contributed by atoms with Gasteiger partial charge >= 0.3 is 0 Å². The summed E-state index contributed by atoms with van der Waals surface area (Å²) in [7, 11) is 0. The van der Waals surface area contributed by atoms with Gasteiger partial charge in [0, 0.05) is 11.6 Å². The van der Waals surface area contributed by atoms with E-state index in [4.69, 9.17) is 16.3 Å². The fourth-order valence-corrected chi connectivity index (χ4v) is 2.62. The number of carbonyl (C=O) groups is 1. The summed E-state index contributed by atoms with van der Waals surface area (Å²) in [6.07, 6.45) is 1.06. The second kappa shape index (κ2) is 6.89. The summed E-state index contributed by atoms with van der Waals surface area (Å²) in [5, 5.41) is 4.28. The number of aryl methyl sites for hydroxylation is 1. The molecule has 1 atom stereocenters. The average Bonchev–Trinajstić information content (AvgIpc) is 2.59. The van der Waals surface area contributed by atoms with Crippen molar-refractivity contribution in [3.05, 3.63) is 65.3 Å². The summed E-state index contributed by atoms with van der Waals surface area (Å²) >= 11 is 6.06. The van der Waals surface area contributed by atoms with Crippen LogP contribution < -0.4 is 10.1 Å². The fourth-order valence-electron chi connectivity index (χ4n) is 2.44. The summed E-state index contributed by atoms with van der Waals surface area (Å²) in [5.41, 5.74) is 2.64. The predicted octanol–water partition coefficient (Wildman–Crippen LogP) is 4.60. The van der Waals surface area contributed by atoms with Crippen LogP contribution in [-0.2, 0) is 4.79 Å². The molecule has 122 valence electrons. The Labute approximate surface area is 145 Å². The van der Waals surface area contributed by atoms with E-state index in [0.717, 1.165) is 16.5 Å². The van der Waals surface area contributed by atoms with E-state index in [2.05, 4.69) is 10.3 Å². The molecule has 0 spiro atoms. The van der Waals surface area contributed by atoms with Crippen molar-refractivity contribution in [2.45, 2.75) is 20.0 Å². The number of benzene rings is 2. The van der Waals surface area contributed by atoms with Gasteiger partial charge in [-0.05, 0) is 49.7 Å². The number of halogens is 1. The molecule has 24 heavy (non-hydrogen) atoms. The van der Waals surface area contributed by atoms with Crippen molar-refractivity contribution in [3.63, 3.8) is 0 Å². The van der Waals surface area contributed by atoms with E-state index in [9.17, 15) is 4.79 Å².